The zero-order valence-electron chi connectivity index (χ0n) is 8.00. The van der Waals surface area contributed by atoms with Crippen LogP contribution in [0.2, 0.25) is 0 Å². The molecule has 1 aliphatic heterocycles. The van der Waals surface area contributed by atoms with E-state index in [0.29, 0.717) is 5.92 Å². The van der Waals surface area contributed by atoms with Crippen molar-refractivity contribution in [3.8, 4) is 0 Å². The van der Waals surface area contributed by atoms with Crippen LogP contribution in [0, 0.1) is 5.92 Å². The molecule has 0 saturated heterocycles. The fourth-order valence-corrected chi connectivity index (χ4v) is 2.83. The van der Waals surface area contributed by atoms with E-state index in [9.17, 15) is 0 Å². The van der Waals surface area contributed by atoms with Crippen LogP contribution in [-0.2, 0) is 0 Å². The first-order valence-corrected chi connectivity index (χ1v) is 5.69. The molecule has 1 aromatic carbocycles. The molecule has 1 atom stereocenters. The number of halogens is 1. The summed E-state index contributed by atoms with van der Waals surface area (Å²) in [4.78, 5) is 0. The molecule has 1 heterocycles. The molecule has 70 valence electrons. The van der Waals surface area contributed by atoms with Crippen LogP contribution in [0.4, 0.5) is 5.69 Å². The second-order valence-electron chi connectivity index (χ2n) is 3.95. The van der Waals surface area contributed by atoms with Gasteiger partial charge in [0.15, 0.2) is 0 Å². The van der Waals surface area contributed by atoms with Crippen LogP contribution in [0.3, 0.4) is 0 Å². The van der Waals surface area contributed by atoms with Gasteiger partial charge in [-0.2, -0.15) is 0 Å². The molecule has 0 aliphatic carbocycles. The zero-order chi connectivity index (χ0) is 9.42. The highest BCUT2D eigenvalue weighted by atomic mass is 127. The molecule has 0 fully saturated rings. The largest absolute Gasteiger partial charge is 0.314 e. The topological polar surface area (TPSA) is 3.24 Å². The number of anilines is 1. The molecular weight excluding hydrogens is 273 g/mol. The first kappa shape index (κ1) is 9.31. The van der Waals surface area contributed by atoms with Crippen LogP contribution in [0.15, 0.2) is 24.3 Å². The van der Waals surface area contributed by atoms with E-state index < -0.39 is 0 Å². The number of benzene rings is 1. The first-order chi connectivity index (χ1) is 6.20. The van der Waals surface area contributed by atoms with E-state index in [1.807, 2.05) is 0 Å². The summed E-state index contributed by atoms with van der Waals surface area (Å²) in [5.74, 6) is 1.45. The van der Waals surface area contributed by atoms with Crippen molar-refractivity contribution in [3.63, 3.8) is 0 Å². The van der Waals surface area contributed by atoms with Gasteiger partial charge < -0.3 is 3.11 Å². The minimum absolute atomic E-state index is 0.716. The Morgan fingerprint density at radius 3 is 2.77 bits per heavy atom. The van der Waals surface area contributed by atoms with Crippen LogP contribution in [0.25, 0.3) is 0 Å². The zero-order valence-corrected chi connectivity index (χ0v) is 10.2. The van der Waals surface area contributed by atoms with Gasteiger partial charge in [-0.25, -0.2) is 0 Å². The van der Waals surface area contributed by atoms with Gasteiger partial charge in [-0.3, -0.25) is 0 Å². The molecular formula is C11H14IN. The van der Waals surface area contributed by atoms with Crippen molar-refractivity contribution in [2.75, 3.05) is 9.66 Å². The van der Waals surface area contributed by atoms with E-state index >= 15 is 0 Å². The molecule has 0 aromatic heterocycles. The van der Waals surface area contributed by atoms with Crippen LogP contribution in [-0.4, -0.2) is 6.54 Å². The Bertz CT molecular complexity index is 309. The molecule has 1 aromatic rings. The van der Waals surface area contributed by atoms with Crippen LogP contribution in [0.1, 0.15) is 25.3 Å². The molecule has 0 N–H and O–H groups in total. The summed E-state index contributed by atoms with van der Waals surface area (Å²) in [6, 6.07) is 8.74. The minimum atomic E-state index is 0.716. The average molecular weight is 287 g/mol. The Kier molecular flexibility index (Phi) is 2.49. The van der Waals surface area contributed by atoms with Gasteiger partial charge in [-0.15, -0.1) is 0 Å². The predicted molar refractivity (Wildman–Crippen MR) is 65.4 cm³/mol. The Labute approximate surface area is 93.6 Å². The van der Waals surface area contributed by atoms with Crippen molar-refractivity contribution < 1.29 is 0 Å². The molecule has 1 aliphatic rings. The van der Waals surface area contributed by atoms with Gasteiger partial charge in [-0.05, 0) is 17.5 Å². The van der Waals surface area contributed by atoms with Crippen LogP contribution in [0.5, 0.6) is 0 Å². The van der Waals surface area contributed by atoms with Gasteiger partial charge in [0.2, 0.25) is 0 Å². The van der Waals surface area contributed by atoms with Gasteiger partial charge in [0.25, 0.3) is 0 Å². The summed E-state index contributed by atoms with van der Waals surface area (Å²) in [6.07, 6.45) is 0. The standard InChI is InChI=1S/C11H14IN/c1-8(2)10-7-13(12)11-6-4-3-5-9(10)11/h3-6,8,10H,7H2,1-2H3/t10-/m0/s1. The fourth-order valence-electron chi connectivity index (χ4n) is 1.96. The summed E-state index contributed by atoms with van der Waals surface area (Å²) >= 11 is 2.41. The Morgan fingerprint density at radius 1 is 1.38 bits per heavy atom. The summed E-state index contributed by atoms with van der Waals surface area (Å²) in [7, 11) is 0. The summed E-state index contributed by atoms with van der Waals surface area (Å²) < 4.78 is 2.33. The number of hydrogen-bond donors (Lipinski definition) is 0. The van der Waals surface area contributed by atoms with Crippen molar-refractivity contribution in [2.45, 2.75) is 19.8 Å². The Hall–Kier alpha value is -0.250. The molecule has 1 nitrogen and oxygen atoms in total. The van der Waals surface area contributed by atoms with Gasteiger partial charge in [0.05, 0.1) is 22.9 Å². The summed E-state index contributed by atoms with van der Waals surface area (Å²) in [5.41, 5.74) is 2.92. The third-order valence-corrected chi connectivity index (χ3v) is 3.67. The second kappa shape index (κ2) is 3.48. The lowest BCUT2D eigenvalue weighted by molar-refractivity contribution is 0.529. The Morgan fingerprint density at radius 2 is 2.08 bits per heavy atom. The molecule has 13 heavy (non-hydrogen) atoms. The third-order valence-electron chi connectivity index (χ3n) is 2.76. The van der Waals surface area contributed by atoms with E-state index in [-0.39, 0.29) is 0 Å². The summed E-state index contributed by atoms with van der Waals surface area (Å²) in [5, 5.41) is 0. The van der Waals surface area contributed by atoms with E-state index in [1.165, 1.54) is 11.3 Å². The van der Waals surface area contributed by atoms with Crippen LogP contribution < -0.4 is 3.11 Å². The van der Waals surface area contributed by atoms with E-state index in [0.717, 1.165) is 12.5 Å². The lowest BCUT2D eigenvalue weighted by atomic mass is 9.90. The van der Waals surface area contributed by atoms with Crippen molar-refractivity contribution in [3.05, 3.63) is 29.8 Å². The average Bonchev–Trinajstić information content (AvgIpc) is 2.45. The molecule has 2 rings (SSSR count). The third kappa shape index (κ3) is 1.56. The van der Waals surface area contributed by atoms with Crippen molar-refractivity contribution in [2.24, 2.45) is 5.92 Å². The highest BCUT2D eigenvalue weighted by Gasteiger charge is 2.28. The number of fused-ring (bicyclic) bond motifs is 1. The number of rotatable bonds is 1. The van der Waals surface area contributed by atoms with E-state index in [4.69, 9.17) is 0 Å². The molecule has 0 spiro atoms. The maximum Gasteiger partial charge on any atom is 0.0591 e. The number of hydrogen-bond acceptors (Lipinski definition) is 1. The van der Waals surface area contributed by atoms with Crippen LogP contribution >= 0.6 is 22.9 Å². The molecule has 0 saturated carbocycles. The lowest BCUT2D eigenvalue weighted by Crippen LogP contribution is -2.12. The SMILES string of the molecule is CC(C)[C@@H]1CN(I)c2ccccc21. The molecule has 0 radical (unpaired) electrons. The normalized spacial score (nSPS) is 20.9. The maximum absolute atomic E-state index is 2.41. The monoisotopic (exact) mass is 287 g/mol. The number of para-hydroxylation sites is 1. The van der Waals surface area contributed by atoms with E-state index in [2.05, 4.69) is 64.1 Å². The highest BCUT2D eigenvalue weighted by Crippen LogP contribution is 2.41. The highest BCUT2D eigenvalue weighted by molar-refractivity contribution is 14.1. The van der Waals surface area contributed by atoms with Gasteiger partial charge in [0.1, 0.15) is 0 Å². The van der Waals surface area contributed by atoms with Crippen molar-refractivity contribution in [1.82, 2.24) is 0 Å². The molecule has 2 heteroatoms. The first-order valence-electron chi connectivity index (χ1n) is 4.72. The van der Waals surface area contributed by atoms with Crippen molar-refractivity contribution in [1.29, 1.82) is 0 Å². The van der Waals surface area contributed by atoms with Gasteiger partial charge >= 0.3 is 0 Å². The quantitative estimate of drug-likeness (QED) is 0.563. The second-order valence-corrected chi connectivity index (χ2v) is 5.12. The fraction of sp³-hybridized carbons (Fsp3) is 0.455. The number of nitrogens with zero attached hydrogens (tertiary/aromatic N) is 1. The molecule has 0 unspecified atom stereocenters. The van der Waals surface area contributed by atoms with Crippen molar-refractivity contribution >= 4 is 28.6 Å². The Balaban J connectivity index is 2.41. The molecule has 0 amide bonds. The van der Waals surface area contributed by atoms with Gasteiger partial charge in [0, 0.05) is 18.2 Å². The minimum Gasteiger partial charge on any atom is -0.314 e. The smallest absolute Gasteiger partial charge is 0.0591 e. The molecule has 0 bridgehead atoms. The predicted octanol–water partition coefficient (Wildman–Crippen LogP) is 3.60. The summed E-state index contributed by atoms with van der Waals surface area (Å²) in [6.45, 7) is 5.77. The maximum atomic E-state index is 2.41. The van der Waals surface area contributed by atoms with E-state index in [1.54, 1.807) is 0 Å². The lowest BCUT2D eigenvalue weighted by Gasteiger charge is -2.14. The van der Waals surface area contributed by atoms with Gasteiger partial charge in [-0.1, -0.05) is 32.0 Å².